The SMILES string of the molecule is CC/C=C\C/C=C\C/C=C\C/C=C\CCCCC(=O)OC(CCCCCCCCCCCCCCC)CCCCCCCC(=O)NCC(=O)O. The third-order valence-electron chi connectivity index (χ3n) is 9.02. The maximum atomic E-state index is 12.7. The second-order valence-electron chi connectivity index (χ2n) is 13.9. The number of rotatable bonds is 37. The van der Waals surface area contributed by atoms with Crippen LogP contribution >= 0.6 is 0 Å². The van der Waals surface area contributed by atoms with Gasteiger partial charge in [0, 0.05) is 12.8 Å². The Morgan fingerprint density at radius 1 is 0.540 bits per heavy atom. The molecule has 1 unspecified atom stereocenters. The van der Waals surface area contributed by atoms with Gasteiger partial charge in [0.15, 0.2) is 0 Å². The van der Waals surface area contributed by atoms with Crippen molar-refractivity contribution in [1.82, 2.24) is 5.32 Å². The van der Waals surface area contributed by atoms with Crippen LogP contribution in [-0.4, -0.2) is 35.6 Å². The van der Waals surface area contributed by atoms with Gasteiger partial charge >= 0.3 is 11.9 Å². The van der Waals surface area contributed by atoms with E-state index in [1.807, 2.05) is 0 Å². The summed E-state index contributed by atoms with van der Waals surface area (Å²) in [4.78, 5) is 35.0. The Labute approximate surface area is 308 Å². The summed E-state index contributed by atoms with van der Waals surface area (Å²) in [7, 11) is 0. The zero-order valence-electron chi connectivity index (χ0n) is 32.5. The van der Waals surface area contributed by atoms with Crippen molar-refractivity contribution in [2.45, 2.75) is 206 Å². The standard InChI is InChI=1S/C44H77NO5/c1-3-5-7-9-11-13-15-17-18-20-22-24-26-31-35-39-44(49)50-41(37-33-29-27-30-34-38-42(46)45-40-43(47)48)36-32-28-25-23-21-19-16-14-12-10-8-6-4-2/h5,7,11,13,17-18,22,24,41H,3-4,6,8-10,12,14-16,19-21,23,25-40H2,1-2H3,(H,45,46)(H,47,48)/b7-5-,13-11-,18-17-,24-22-. The largest absolute Gasteiger partial charge is 0.480 e. The lowest BCUT2D eigenvalue weighted by Crippen LogP contribution is -2.28. The number of hydrogen-bond acceptors (Lipinski definition) is 4. The van der Waals surface area contributed by atoms with Gasteiger partial charge in [-0.05, 0) is 77.0 Å². The minimum absolute atomic E-state index is 0.00587. The van der Waals surface area contributed by atoms with Crippen LogP contribution < -0.4 is 5.32 Å². The number of esters is 1. The summed E-state index contributed by atoms with van der Waals surface area (Å²) in [5.41, 5.74) is 0. The van der Waals surface area contributed by atoms with Gasteiger partial charge in [0.05, 0.1) is 0 Å². The van der Waals surface area contributed by atoms with Crippen LogP contribution in [0.4, 0.5) is 0 Å². The third-order valence-corrected chi connectivity index (χ3v) is 9.02. The van der Waals surface area contributed by atoms with Crippen molar-refractivity contribution in [3.8, 4) is 0 Å². The molecule has 0 bridgehead atoms. The minimum atomic E-state index is -1.02. The first-order chi connectivity index (χ1) is 24.5. The lowest BCUT2D eigenvalue weighted by molar-refractivity contribution is -0.150. The summed E-state index contributed by atoms with van der Waals surface area (Å²) in [6, 6.07) is 0. The predicted octanol–water partition coefficient (Wildman–Crippen LogP) is 12.7. The van der Waals surface area contributed by atoms with Gasteiger partial charge in [-0.25, -0.2) is 0 Å². The van der Waals surface area contributed by atoms with Gasteiger partial charge in [-0.2, -0.15) is 0 Å². The van der Waals surface area contributed by atoms with E-state index in [9.17, 15) is 14.4 Å². The normalized spacial score (nSPS) is 12.5. The summed E-state index contributed by atoms with van der Waals surface area (Å²) in [6.07, 6.45) is 49.4. The van der Waals surface area contributed by atoms with Crippen molar-refractivity contribution < 1.29 is 24.2 Å². The molecule has 2 N–H and O–H groups in total. The van der Waals surface area contributed by atoms with Crippen LogP contribution in [0.3, 0.4) is 0 Å². The van der Waals surface area contributed by atoms with Crippen molar-refractivity contribution in [1.29, 1.82) is 0 Å². The van der Waals surface area contributed by atoms with Gasteiger partial charge in [0.1, 0.15) is 12.6 Å². The molecule has 0 aromatic rings. The minimum Gasteiger partial charge on any atom is -0.480 e. The molecule has 0 aromatic heterocycles. The molecule has 0 aromatic carbocycles. The van der Waals surface area contributed by atoms with Gasteiger partial charge in [-0.1, -0.05) is 159 Å². The molecule has 0 heterocycles. The number of allylic oxidation sites excluding steroid dienone is 8. The first-order valence-electron chi connectivity index (χ1n) is 20.8. The molecular formula is C44H77NO5. The number of nitrogens with one attached hydrogen (secondary N) is 1. The molecule has 1 amide bonds. The van der Waals surface area contributed by atoms with E-state index in [4.69, 9.17) is 9.84 Å². The van der Waals surface area contributed by atoms with Crippen LogP contribution in [0, 0.1) is 0 Å². The first-order valence-corrected chi connectivity index (χ1v) is 20.8. The number of ether oxygens (including phenoxy) is 1. The number of carboxylic acid groups (broad SMARTS) is 1. The van der Waals surface area contributed by atoms with Crippen LogP contribution in [0.1, 0.15) is 200 Å². The number of unbranched alkanes of at least 4 members (excludes halogenated alkanes) is 18. The van der Waals surface area contributed by atoms with Crippen molar-refractivity contribution in [3.63, 3.8) is 0 Å². The number of carboxylic acids is 1. The second-order valence-corrected chi connectivity index (χ2v) is 13.9. The zero-order chi connectivity index (χ0) is 36.6. The highest BCUT2D eigenvalue weighted by atomic mass is 16.5. The summed E-state index contributed by atoms with van der Waals surface area (Å²) in [6.45, 7) is 4.11. The molecule has 0 fully saturated rings. The molecule has 0 saturated heterocycles. The Balaban J connectivity index is 4.26. The van der Waals surface area contributed by atoms with E-state index in [0.29, 0.717) is 12.8 Å². The fraction of sp³-hybridized carbons (Fsp3) is 0.750. The van der Waals surface area contributed by atoms with E-state index in [2.05, 4.69) is 67.8 Å². The maximum Gasteiger partial charge on any atom is 0.322 e. The molecule has 6 heteroatoms. The van der Waals surface area contributed by atoms with E-state index in [0.717, 1.165) is 96.3 Å². The molecule has 0 rings (SSSR count). The number of aliphatic carboxylic acids is 1. The average molecular weight is 700 g/mol. The maximum absolute atomic E-state index is 12.7. The highest BCUT2D eigenvalue weighted by Crippen LogP contribution is 2.19. The van der Waals surface area contributed by atoms with E-state index < -0.39 is 5.97 Å². The second kappa shape index (κ2) is 39.2. The Morgan fingerprint density at radius 3 is 1.48 bits per heavy atom. The van der Waals surface area contributed by atoms with Crippen molar-refractivity contribution in [3.05, 3.63) is 48.6 Å². The number of hydrogen-bond donors (Lipinski definition) is 2. The van der Waals surface area contributed by atoms with Gasteiger partial charge in [-0.15, -0.1) is 0 Å². The zero-order valence-corrected chi connectivity index (χ0v) is 32.5. The van der Waals surface area contributed by atoms with Gasteiger partial charge in [0.25, 0.3) is 0 Å². The van der Waals surface area contributed by atoms with Gasteiger partial charge in [-0.3, -0.25) is 14.4 Å². The van der Waals surface area contributed by atoms with Crippen LogP contribution in [0.2, 0.25) is 0 Å². The van der Waals surface area contributed by atoms with E-state index in [1.165, 1.54) is 77.0 Å². The van der Waals surface area contributed by atoms with Gasteiger partial charge in [0.2, 0.25) is 5.91 Å². The molecule has 0 radical (unpaired) electrons. The quantitative estimate of drug-likeness (QED) is 0.0382. The van der Waals surface area contributed by atoms with Crippen LogP contribution in [0.25, 0.3) is 0 Å². The fourth-order valence-electron chi connectivity index (χ4n) is 5.98. The Morgan fingerprint density at radius 2 is 0.980 bits per heavy atom. The number of carbonyl (C=O) groups is 3. The molecule has 0 aliphatic carbocycles. The van der Waals surface area contributed by atoms with Crippen LogP contribution in [-0.2, 0) is 19.1 Å². The average Bonchev–Trinajstić information content (AvgIpc) is 3.10. The molecule has 50 heavy (non-hydrogen) atoms. The van der Waals surface area contributed by atoms with Crippen molar-refractivity contribution >= 4 is 17.8 Å². The Kier molecular flexibility index (Phi) is 37.1. The summed E-state index contributed by atoms with van der Waals surface area (Å²) < 4.78 is 6.01. The van der Waals surface area contributed by atoms with Crippen LogP contribution in [0.15, 0.2) is 48.6 Å². The van der Waals surface area contributed by atoms with Gasteiger partial charge < -0.3 is 15.2 Å². The third kappa shape index (κ3) is 38.2. The molecule has 288 valence electrons. The molecule has 0 aliphatic heterocycles. The Hall–Kier alpha value is -2.63. The predicted molar refractivity (Wildman–Crippen MR) is 212 cm³/mol. The fourth-order valence-corrected chi connectivity index (χ4v) is 5.98. The van der Waals surface area contributed by atoms with Crippen molar-refractivity contribution in [2.75, 3.05) is 6.54 Å². The highest BCUT2D eigenvalue weighted by molar-refractivity contribution is 5.80. The molecule has 0 aliphatic rings. The summed E-state index contributed by atoms with van der Waals surface area (Å²) >= 11 is 0. The monoisotopic (exact) mass is 700 g/mol. The summed E-state index contributed by atoms with van der Waals surface area (Å²) in [5.74, 6) is -1.27. The van der Waals surface area contributed by atoms with E-state index in [1.54, 1.807) is 0 Å². The Bertz CT molecular complexity index is 906. The molecule has 1 atom stereocenters. The first kappa shape index (κ1) is 47.4. The highest BCUT2D eigenvalue weighted by Gasteiger charge is 2.14. The van der Waals surface area contributed by atoms with Crippen LogP contribution in [0.5, 0.6) is 0 Å². The smallest absolute Gasteiger partial charge is 0.322 e. The number of carbonyl (C=O) groups excluding carboxylic acids is 2. The van der Waals surface area contributed by atoms with E-state index >= 15 is 0 Å². The van der Waals surface area contributed by atoms with Crippen molar-refractivity contribution in [2.24, 2.45) is 0 Å². The molecule has 6 nitrogen and oxygen atoms in total. The molecule has 0 spiro atoms. The molecular weight excluding hydrogens is 622 g/mol. The molecule has 0 saturated carbocycles. The summed E-state index contributed by atoms with van der Waals surface area (Å²) in [5, 5.41) is 11.1. The topological polar surface area (TPSA) is 92.7 Å². The number of amides is 1. The van der Waals surface area contributed by atoms with E-state index in [-0.39, 0.29) is 24.5 Å². The lowest BCUT2D eigenvalue weighted by atomic mass is 10.0. The lowest BCUT2D eigenvalue weighted by Gasteiger charge is -2.18.